The van der Waals surface area contributed by atoms with Crippen molar-refractivity contribution >= 4 is 35.1 Å². The van der Waals surface area contributed by atoms with Crippen LogP contribution in [-0.2, 0) is 0 Å². The van der Waals surface area contributed by atoms with Crippen molar-refractivity contribution in [2.45, 2.75) is 13.8 Å². The first-order valence-corrected chi connectivity index (χ1v) is 5.55. The highest BCUT2D eigenvalue weighted by molar-refractivity contribution is 7.79. The number of nitrogens with zero attached hydrogens (tertiary/aromatic N) is 3. The number of aromatic nitrogens is 2. The van der Waals surface area contributed by atoms with Crippen LogP contribution in [0.15, 0.2) is 4.99 Å². The highest BCUT2D eigenvalue weighted by Crippen LogP contribution is 2.08. The molecule has 0 spiro atoms. The van der Waals surface area contributed by atoms with Gasteiger partial charge in [0.2, 0.25) is 5.95 Å². The van der Waals surface area contributed by atoms with Crippen LogP contribution in [0.4, 0.5) is 5.95 Å². The number of nitrogens with two attached hydrogens (primary N) is 1. The van der Waals surface area contributed by atoms with Crippen molar-refractivity contribution in [2.24, 2.45) is 10.9 Å². The van der Waals surface area contributed by atoms with Gasteiger partial charge in [0.25, 0.3) is 0 Å². The number of nitrogen functional groups attached to an aromatic ring is 1. The first-order valence-electron chi connectivity index (χ1n) is 4.70. The zero-order chi connectivity index (χ0) is 12.3. The lowest BCUT2D eigenvalue weighted by Crippen LogP contribution is -2.26. The Morgan fingerprint density at radius 1 is 1.69 bits per heavy atom. The zero-order valence-corrected chi connectivity index (χ0v) is 10.6. The minimum Gasteiger partial charge on any atom is -0.423 e. The van der Waals surface area contributed by atoms with Gasteiger partial charge in [0.15, 0.2) is 5.49 Å². The smallest absolute Gasteiger partial charge is 0.236 e. The summed E-state index contributed by atoms with van der Waals surface area (Å²) in [5.41, 5.74) is 6.00. The third kappa shape index (κ3) is 2.70. The molecule has 0 atom stereocenters. The molecule has 0 aliphatic carbocycles. The summed E-state index contributed by atoms with van der Waals surface area (Å²) in [7, 11) is 0. The molecule has 1 heterocycles. The van der Waals surface area contributed by atoms with Gasteiger partial charge < -0.3 is 10.9 Å². The van der Waals surface area contributed by atoms with Gasteiger partial charge in [-0.15, -0.1) is 4.73 Å². The molecular weight excluding hydrogens is 248 g/mol. The van der Waals surface area contributed by atoms with Crippen LogP contribution in [0.5, 0.6) is 0 Å². The average molecular weight is 261 g/mol. The lowest BCUT2D eigenvalue weighted by atomic mass is 10.2. The van der Waals surface area contributed by atoms with Gasteiger partial charge in [0, 0.05) is 11.9 Å². The largest absolute Gasteiger partial charge is 0.423 e. The molecular formula is C9H13ClN4OS. The maximum Gasteiger partial charge on any atom is 0.236 e. The van der Waals surface area contributed by atoms with Crippen molar-refractivity contribution in [1.82, 2.24) is 9.71 Å². The lowest BCUT2D eigenvalue weighted by Gasteiger charge is -2.06. The first-order chi connectivity index (χ1) is 7.47. The Morgan fingerprint density at radius 3 is 2.81 bits per heavy atom. The van der Waals surface area contributed by atoms with Crippen LogP contribution < -0.4 is 11.2 Å². The Bertz CT molecular complexity index is 469. The van der Waals surface area contributed by atoms with E-state index in [1.807, 2.05) is 13.8 Å². The fourth-order valence-electron chi connectivity index (χ4n) is 1.02. The molecule has 0 saturated carbocycles. The lowest BCUT2D eigenvalue weighted by molar-refractivity contribution is 0.174. The molecule has 0 aliphatic heterocycles. The SMILES string of the molecule is CC(C)CN=c1c(Cl)c(C=S)nc(N)n1O. The molecule has 0 bridgehead atoms. The Morgan fingerprint density at radius 2 is 2.31 bits per heavy atom. The van der Waals surface area contributed by atoms with E-state index >= 15 is 0 Å². The van der Waals surface area contributed by atoms with Crippen LogP contribution in [0.2, 0.25) is 5.02 Å². The Labute approximate surface area is 104 Å². The maximum absolute atomic E-state index is 9.61. The van der Waals surface area contributed by atoms with Gasteiger partial charge in [-0.3, -0.25) is 4.99 Å². The third-order valence-electron chi connectivity index (χ3n) is 1.79. The fraction of sp³-hybridized carbons (Fsp3) is 0.444. The van der Waals surface area contributed by atoms with E-state index in [1.54, 1.807) is 0 Å². The van der Waals surface area contributed by atoms with Crippen molar-refractivity contribution in [1.29, 1.82) is 0 Å². The molecule has 0 unspecified atom stereocenters. The van der Waals surface area contributed by atoms with E-state index in [1.165, 1.54) is 5.37 Å². The number of rotatable bonds is 3. The number of anilines is 1. The standard InChI is InChI=1S/C9H13ClN4OS/c1-5(2)3-12-8-7(10)6(4-16)13-9(11)14(8)15/h4-5,15H,3H2,1-2H3,(H2,11,13). The molecule has 3 N–H and O–H groups in total. The van der Waals surface area contributed by atoms with Gasteiger partial charge in [0.05, 0.1) is 0 Å². The molecule has 5 nitrogen and oxygen atoms in total. The van der Waals surface area contributed by atoms with Gasteiger partial charge in [-0.2, -0.15) is 0 Å². The van der Waals surface area contributed by atoms with Crippen LogP contribution in [0, 0.1) is 5.92 Å². The Kier molecular flexibility index (Phi) is 4.26. The second kappa shape index (κ2) is 5.27. The molecule has 1 aromatic heterocycles. The van der Waals surface area contributed by atoms with E-state index in [0.29, 0.717) is 22.9 Å². The van der Waals surface area contributed by atoms with E-state index in [4.69, 9.17) is 29.6 Å². The predicted octanol–water partition coefficient (Wildman–Crippen LogP) is 1.26. The maximum atomic E-state index is 9.61. The molecule has 0 amide bonds. The van der Waals surface area contributed by atoms with Gasteiger partial charge in [-0.1, -0.05) is 37.7 Å². The Hall–Kier alpha value is -1.14. The van der Waals surface area contributed by atoms with Crippen molar-refractivity contribution < 1.29 is 5.21 Å². The fourth-order valence-corrected chi connectivity index (χ4v) is 1.49. The molecule has 1 aromatic rings. The molecule has 0 aliphatic rings. The molecule has 16 heavy (non-hydrogen) atoms. The van der Waals surface area contributed by atoms with Crippen molar-refractivity contribution in [2.75, 3.05) is 12.3 Å². The monoisotopic (exact) mass is 260 g/mol. The molecule has 1 rings (SSSR count). The molecule has 0 radical (unpaired) electrons. The average Bonchev–Trinajstić information content (AvgIpc) is 2.23. The van der Waals surface area contributed by atoms with E-state index in [-0.39, 0.29) is 16.5 Å². The van der Waals surface area contributed by atoms with Crippen LogP contribution >= 0.6 is 23.8 Å². The quantitative estimate of drug-likeness (QED) is 0.634. The number of hydrogen-bond acceptors (Lipinski definition) is 5. The molecule has 0 saturated heterocycles. The van der Waals surface area contributed by atoms with Crippen molar-refractivity contribution in [3.05, 3.63) is 16.2 Å². The summed E-state index contributed by atoms with van der Waals surface area (Å²) in [5.74, 6) is 0.254. The Balaban J connectivity index is 3.41. The minimum absolute atomic E-state index is 0.0944. The van der Waals surface area contributed by atoms with E-state index in [2.05, 4.69) is 9.98 Å². The normalized spacial score (nSPS) is 12.1. The molecule has 88 valence electrons. The zero-order valence-electron chi connectivity index (χ0n) is 9.01. The highest BCUT2D eigenvalue weighted by Gasteiger charge is 2.09. The topological polar surface area (TPSA) is 76.4 Å². The summed E-state index contributed by atoms with van der Waals surface area (Å²) in [4.78, 5) is 7.99. The second-order valence-electron chi connectivity index (χ2n) is 3.66. The van der Waals surface area contributed by atoms with Gasteiger partial charge in [0.1, 0.15) is 10.7 Å². The van der Waals surface area contributed by atoms with E-state index < -0.39 is 0 Å². The van der Waals surface area contributed by atoms with E-state index in [9.17, 15) is 5.21 Å². The summed E-state index contributed by atoms with van der Waals surface area (Å²) in [6.45, 7) is 4.54. The number of hydrogen-bond donors (Lipinski definition) is 2. The summed E-state index contributed by atoms with van der Waals surface area (Å²) >= 11 is 10.7. The van der Waals surface area contributed by atoms with Gasteiger partial charge in [-0.05, 0) is 5.92 Å². The summed E-state index contributed by atoms with van der Waals surface area (Å²) < 4.78 is 0.660. The van der Waals surface area contributed by atoms with Crippen LogP contribution in [0.25, 0.3) is 0 Å². The van der Waals surface area contributed by atoms with Crippen molar-refractivity contribution in [3.63, 3.8) is 0 Å². The molecule has 7 heteroatoms. The van der Waals surface area contributed by atoms with Crippen molar-refractivity contribution in [3.8, 4) is 0 Å². The summed E-state index contributed by atoms with van der Waals surface area (Å²) in [5, 5.41) is 11.1. The van der Waals surface area contributed by atoms with Crippen LogP contribution in [0.1, 0.15) is 19.5 Å². The third-order valence-corrected chi connectivity index (χ3v) is 2.38. The van der Waals surface area contributed by atoms with Crippen LogP contribution in [0.3, 0.4) is 0 Å². The number of halogens is 1. The molecule has 0 aromatic carbocycles. The summed E-state index contributed by atoms with van der Waals surface area (Å²) in [6, 6.07) is 0. The first kappa shape index (κ1) is 12.9. The second-order valence-corrected chi connectivity index (χ2v) is 4.27. The van der Waals surface area contributed by atoms with Crippen LogP contribution in [-0.4, -0.2) is 26.8 Å². The molecule has 0 fully saturated rings. The highest BCUT2D eigenvalue weighted by atomic mass is 35.5. The minimum atomic E-state index is -0.0944. The number of thiocarbonyl (C=S) groups is 1. The summed E-state index contributed by atoms with van der Waals surface area (Å²) in [6.07, 6.45) is 0. The predicted molar refractivity (Wildman–Crippen MR) is 66.9 cm³/mol. The van der Waals surface area contributed by atoms with E-state index in [0.717, 1.165) is 0 Å². The van der Waals surface area contributed by atoms with Gasteiger partial charge in [-0.25, -0.2) is 4.98 Å². The van der Waals surface area contributed by atoms with Gasteiger partial charge >= 0.3 is 0 Å².